The predicted octanol–water partition coefficient (Wildman–Crippen LogP) is 5.21. The molecule has 35 heavy (non-hydrogen) atoms. The molecule has 0 aliphatic heterocycles. The number of thiocarbonyl (C=S) groups is 1. The van der Waals surface area contributed by atoms with Gasteiger partial charge in [0.05, 0.1) is 0 Å². The van der Waals surface area contributed by atoms with Crippen LogP contribution in [-0.2, 0) is 13.0 Å². The summed E-state index contributed by atoms with van der Waals surface area (Å²) in [6.45, 7) is 6.62. The van der Waals surface area contributed by atoms with Gasteiger partial charge in [-0.05, 0) is 80.5 Å². The molecule has 2 aromatic carbocycles. The van der Waals surface area contributed by atoms with E-state index in [4.69, 9.17) is 12.2 Å². The van der Waals surface area contributed by atoms with Crippen molar-refractivity contribution in [2.75, 3.05) is 5.32 Å². The van der Waals surface area contributed by atoms with Gasteiger partial charge in [0.25, 0.3) is 0 Å². The van der Waals surface area contributed by atoms with E-state index in [1.807, 2.05) is 81.7 Å². The van der Waals surface area contributed by atoms with Crippen molar-refractivity contribution < 1.29 is 14.1 Å². The lowest BCUT2D eigenvalue weighted by atomic mass is 10.1. The standard InChI is InChI=1S/C29H28FN3OS/c1-20-8-7-16-32(19-20)27(29(35)31-25-9-5-4-6-10-25)28(34)26-18-21(2)33(22(26)3)17-15-23-11-13-24(30)14-12-23/h4-14,16,18-19H,15,17H2,1-3H3,(H-,31,34,35). The van der Waals surface area contributed by atoms with Gasteiger partial charge in [-0.2, -0.15) is 4.57 Å². The van der Waals surface area contributed by atoms with Crippen LogP contribution in [0.2, 0.25) is 0 Å². The third-order valence-corrected chi connectivity index (χ3v) is 6.32. The topological polar surface area (TPSA) is 43.9 Å². The Balaban J connectivity index is 1.72. The number of halogens is 1. The molecule has 0 aliphatic carbocycles. The second kappa shape index (κ2) is 10.7. The lowest BCUT2D eigenvalue weighted by Crippen LogP contribution is -2.40. The zero-order valence-corrected chi connectivity index (χ0v) is 20.9. The van der Waals surface area contributed by atoms with Crippen LogP contribution in [-0.4, -0.2) is 9.56 Å². The van der Waals surface area contributed by atoms with Crippen molar-refractivity contribution in [2.45, 2.75) is 33.7 Å². The van der Waals surface area contributed by atoms with Gasteiger partial charge in [-0.25, -0.2) is 4.39 Å². The molecule has 178 valence electrons. The second-order valence-corrected chi connectivity index (χ2v) is 9.01. The van der Waals surface area contributed by atoms with E-state index in [2.05, 4.69) is 9.88 Å². The van der Waals surface area contributed by atoms with Crippen LogP contribution in [0, 0.1) is 26.6 Å². The summed E-state index contributed by atoms with van der Waals surface area (Å²) in [6, 6.07) is 21.9. The van der Waals surface area contributed by atoms with E-state index in [-0.39, 0.29) is 11.6 Å². The Morgan fingerprint density at radius 1 is 1.00 bits per heavy atom. The molecule has 4 aromatic rings. The highest BCUT2D eigenvalue weighted by Gasteiger charge is 2.21. The van der Waals surface area contributed by atoms with Crippen LogP contribution in [0.4, 0.5) is 10.1 Å². The maximum atomic E-state index is 13.9. The van der Waals surface area contributed by atoms with Gasteiger partial charge in [0.1, 0.15) is 5.82 Å². The molecule has 0 amide bonds. The maximum Gasteiger partial charge on any atom is 0.238 e. The number of benzene rings is 2. The van der Waals surface area contributed by atoms with Crippen molar-refractivity contribution in [3.8, 4) is 0 Å². The van der Waals surface area contributed by atoms with E-state index in [0.29, 0.717) is 22.8 Å². The third-order valence-electron chi connectivity index (χ3n) is 6.02. The average Bonchev–Trinajstić information content (AvgIpc) is 3.12. The molecule has 6 heteroatoms. The third kappa shape index (κ3) is 5.66. The Morgan fingerprint density at radius 3 is 2.40 bits per heavy atom. The molecule has 4 nitrogen and oxygen atoms in total. The van der Waals surface area contributed by atoms with E-state index in [9.17, 15) is 9.50 Å². The summed E-state index contributed by atoms with van der Waals surface area (Å²) in [6.07, 6.45) is 4.48. The van der Waals surface area contributed by atoms with Crippen LogP contribution in [0.3, 0.4) is 0 Å². The molecular formula is C29H28FN3OS. The van der Waals surface area contributed by atoms with E-state index < -0.39 is 0 Å². The summed E-state index contributed by atoms with van der Waals surface area (Å²) in [5.74, 6) is -0.387. The highest BCUT2D eigenvalue weighted by Crippen LogP contribution is 2.24. The van der Waals surface area contributed by atoms with Gasteiger partial charge in [-0.3, -0.25) is 0 Å². The van der Waals surface area contributed by atoms with E-state index in [0.717, 1.165) is 34.6 Å². The number of para-hydroxylation sites is 1. The number of hydrogen-bond donors (Lipinski definition) is 1. The molecule has 0 bridgehead atoms. The molecule has 0 spiro atoms. The number of aromatic nitrogens is 2. The molecule has 4 rings (SSSR count). The van der Waals surface area contributed by atoms with Crippen molar-refractivity contribution in [1.82, 2.24) is 4.57 Å². The fraction of sp³-hybridized carbons (Fsp3) is 0.172. The zero-order valence-electron chi connectivity index (χ0n) is 20.1. The van der Waals surface area contributed by atoms with Crippen LogP contribution in [0.15, 0.2) is 85.2 Å². The lowest BCUT2D eigenvalue weighted by Gasteiger charge is -2.18. The van der Waals surface area contributed by atoms with Gasteiger partial charge >= 0.3 is 0 Å². The molecule has 2 aromatic heterocycles. The molecule has 1 N–H and O–H groups in total. The summed E-state index contributed by atoms with van der Waals surface area (Å²) < 4.78 is 17.2. The van der Waals surface area contributed by atoms with Crippen molar-refractivity contribution in [3.05, 3.63) is 119 Å². The Labute approximate surface area is 211 Å². The van der Waals surface area contributed by atoms with E-state index in [1.54, 1.807) is 16.7 Å². The van der Waals surface area contributed by atoms with Crippen LogP contribution in [0.5, 0.6) is 0 Å². The summed E-state index contributed by atoms with van der Waals surface area (Å²) in [4.78, 5) is 0.355. The monoisotopic (exact) mass is 485 g/mol. The van der Waals surface area contributed by atoms with Gasteiger partial charge < -0.3 is 15.0 Å². The fourth-order valence-electron chi connectivity index (χ4n) is 4.18. The van der Waals surface area contributed by atoms with Crippen molar-refractivity contribution in [3.63, 3.8) is 0 Å². The number of anilines is 1. The minimum absolute atomic E-state index is 0.143. The molecule has 0 fully saturated rings. The van der Waals surface area contributed by atoms with Crippen molar-refractivity contribution in [1.29, 1.82) is 0 Å². The first-order valence-corrected chi connectivity index (χ1v) is 11.9. The van der Waals surface area contributed by atoms with Gasteiger partial charge in [0.2, 0.25) is 5.70 Å². The number of nitrogens with zero attached hydrogens (tertiary/aromatic N) is 2. The molecule has 0 aliphatic rings. The average molecular weight is 486 g/mol. The Bertz CT molecular complexity index is 1380. The molecule has 0 radical (unpaired) electrons. The number of aryl methyl sites for hydroxylation is 3. The summed E-state index contributed by atoms with van der Waals surface area (Å²) in [7, 11) is 0. The molecule has 0 saturated carbocycles. The van der Waals surface area contributed by atoms with Gasteiger partial charge in [0, 0.05) is 35.2 Å². The molecule has 0 atom stereocenters. The molecular weight excluding hydrogens is 457 g/mol. The number of rotatable bonds is 7. The first kappa shape index (κ1) is 24.4. The first-order valence-electron chi connectivity index (χ1n) is 11.5. The maximum absolute atomic E-state index is 13.9. The zero-order chi connectivity index (χ0) is 24.9. The fourth-order valence-corrected chi connectivity index (χ4v) is 4.49. The largest absolute Gasteiger partial charge is 0.867 e. The highest BCUT2D eigenvalue weighted by molar-refractivity contribution is 7.81. The Hall–Kier alpha value is -3.77. The first-order chi connectivity index (χ1) is 16.8. The van der Waals surface area contributed by atoms with Gasteiger partial charge in [-0.15, -0.1) is 0 Å². The van der Waals surface area contributed by atoms with Crippen LogP contribution in [0.1, 0.15) is 28.1 Å². The smallest absolute Gasteiger partial charge is 0.238 e. The van der Waals surface area contributed by atoms with Crippen molar-refractivity contribution in [2.24, 2.45) is 0 Å². The normalized spacial score (nSPS) is 11.8. The summed E-state index contributed by atoms with van der Waals surface area (Å²) >= 11 is 5.74. The summed E-state index contributed by atoms with van der Waals surface area (Å²) in [5.41, 5.74) is 5.76. The number of pyridine rings is 1. The molecule has 0 unspecified atom stereocenters. The van der Waals surface area contributed by atoms with Crippen molar-refractivity contribution >= 4 is 34.3 Å². The second-order valence-electron chi connectivity index (χ2n) is 8.60. The SMILES string of the molecule is Cc1ccc[n+](/C(C(=S)Nc2ccccc2)=C(/[O-])c2cc(C)n(CCc3ccc(F)cc3)c2C)c1. The van der Waals surface area contributed by atoms with Crippen LogP contribution >= 0.6 is 12.2 Å². The number of hydrogen-bond acceptors (Lipinski definition) is 2. The van der Waals surface area contributed by atoms with Gasteiger partial charge in [0.15, 0.2) is 17.4 Å². The molecule has 2 heterocycles. The lowest BCUT2D eigenvalue weighted by molar-refractivity contribution is -0.578. The van der Waals surface area contributed by atoms with Crippen LogP contribution < -0.4 is 15.0 Å². The predicted molar refractivity (Wildman–Crippen MR) is 141 cm³/mol. The number of nitrogens with one attached hydrogen (secondary N) is 1. The minimum Gasteiger partial charge on any atom is -0.867 e. The highest BCUT2D eigenvalue weighted by atomic mass is 32.1. The Morgan fingerprint density at radius 2 is 1.71 bits per heavy atom. The quantitative estimate of drug-likeness (QED) is 0.169. The minimum atomic E-state index is -0.244. The van der Waals surface area contributed by atoms with E-state index >= 15 is 0 Å². The van der Waals surface area contributed by atoms with Crippen LogP contribution in [0.25, 0.3) is 11.5 Å². The van der Waals surface area contributed by atoms with Gasteiger partial charge in [-0.1, -0.05) is 42.5 Å². The summed E-state index contributed by atoms with van der Waals surface area (Å²) in [5, 5.41) is 17.2. The Kier molecular flexibility index (Phi) is 7.42. The molecule has 0 saturated heterocycles. The van der Waals surface area contributed by atoms with E-state index in [1.165, 1.54) is 12.1 Å².